The number of nitrogens with zero attached hydrogens (tertiary/aromatic N) is 2. The summed E-state index contributed by atoms with van der Waals surface area (Å²) in [6.45, 7) is 3.44. The Bertz CT molecular complexity index is 1580. The molecule has 4 aromatic rings. The van der Waals surface area contributed by atoms with E-state index >= 15 is 0 Å². The number of benzene rings is 2. The van der Waals surface area contributed by atoms with Crippen LogP contribution in [0.2, 0.25) is 5.02 Å². The Morgan fingerprint density at radius 2 is 1.61 bits per heavy atom. The third kappa shape index (κ3) is 8.11. The van der Waals surface area contributed by atoms with E-state index < -0.39 is 35.9 Å². The Labute approximate surface area is 238 Å². The second kappa shape index (κ2) is 12.9. The van der Waals surface area contributed by atoms with Crippen LogP contribution in [0.25, 0.3) is 21.3 Å². The van der Waals surface area contributed by atoms with E-state index in [1.165, 1.54) is 23.6 Å². The Balaban J connectivity index is 0.000000587. The number of aliphatic carboxylic acids is 2. The molecule has 0 saturated heterocycles. The summed E-state index contributed by atoms with van der Waals surface area (Å²) in [5.41, 5.74) is 2.51. The molecule has 1 amide bonds. The minimum Gasteiger partial charge on any atom is -0.480 e. The van der Waals surface area contributed by atoms with Crippen molar-refractivity contribution in [3.05, 3.63) is 71.3 Å². The lowest BCUT2D eigenvalue weighted by atomic mass is 10.0. The van der Waals surface area contributed by atoms with Gasteiger partial charge < -0.3 is 20.8 Å². The third-order valence-corrected chi connectivity index (χ3v) is 6.59. The van der Waals surface area contributed by atoms with Crippen LogP contribution in [-0.4, -0.2) is 50.2 Å². The second-order valence-corrected chi connectivity index (χ2v) is 10.2. The Morgan fingerprint density at radius 1 is 1.00 bits per heavy atom. The number of carboxylic acids is 2. The highest BCUT2D eigenvalue weighted by Crippen LogP contribution is 2.33. The molecule has 216 valence electrons. The first kappa shape index (κ1) is 31.2. The smallest absolute Gasteiger partial charge is 0.480 e. The second-order valence-electron chi connectivity index (χ2n) is 8.72. The topological polar surface area (TPSA) is 142 Å². The highest BCUT2D eigenvalue weighted by atomic mass is 35.5. The molecule has 0 unspecified atom stereocenters. The summed E-state index contributed by atoms with van der Waals surface area (Å²) in [6, 6.07) is 10.3. The van der Waals surface area contributed by atoms with Crippen molar-refractivity contribution in [2.24, 2.45) is 5.92 Å². The number of fused-ring (bicyclic) bond motifs is 1. The van der Waals surface area contributed by atoms with Gasteiger partial charge in [0.15, 0.2) is 5.13 Å². The van der Waals surface area contributed by atoms with Gasteiger partial charge in [-0.15, -0.1) is 0 Å². The fourth-order valence-corrected chi connectivity index (χ4v) is 4.47. The quantitative estimate of drug-likeness (QED) is 0.177. The summed E-state index contributed by atoms with van der Waals surface area (Å²) in [5.74, 6) is -5.05. The fraction of sp³-hybridized carbons (Fsp3) is 0.192. The standard InChI is InChI=1S/C24H20ClFN4O3S.C2HF3O2/c1-12(2)20(23(32)33)29-22(31)14-5-3-13(4-6-14)15-7-8-18(17(26)9-15)28-24-30-21-16(25)10-27-11-19(21)34-24;3-2(4,5)1(6)7/h3-12,20H,1-2H3,(H,28,30)(H,29,31)(H,32,33);(H,6,7)/t20-;/m0./s1. The van der Waals surface area contributed by atoms with Crippen LogP contribution < -0.4 is 10.6 Å². The normalized spacial score (nSPS) is 11.9. The van der Waals surface area contributed by atoms with E-state index in [-0.39, 0.29) is 11.6 Å². The van der Waals surface area contributed by atoms with Gasteiger partial charge in [0.1, 0.15) is 17.4 Å². The first-order chi connectivity index (χ1) is 19.2. The molecule has 0 bridgehead atoms. The van der Waals surface area contributed by atoms with E-state index in [2.05, 4.69) is 20.6 Å². The van der Waals surface area contributed by atoms with Gasteiger partial charge in [-0.3, -0.25) is 9.78 Å². The van der Waals surface area contributed by atoms with Crippen LogP contribution in [0.15, 0.2) is 54.9 Å². The molecule has 41 heavy (non-hydrogen) atoms. The number of hydrogen-bond acceptors (Lipinski definition) is 7. The van der Waals surface area contributed by atoms with Crippen LogP contribution >= 0.6 is 22.9 Å². The predicted molar refractivity (Wildman–Crippen MR) is 145 cm³/mol. The fourth-order valence-electron chi connectivity index (χ4n) is 3.34. The maximum Gasteiger partial charge on any atom is 0.490 e. The number of pyridine rings is 1. The molecule has 0 aliphatic heterocycles. The Kier molecular flexibility index (Phi) is 9.83. The summed E-state index contributed by atoms with van der Waals surface area (Å²) >= 11 is 7.42. The Morgan fingerprint density at radius 3 is 2.12 bits per heavy atom. The number of carboxylic acid groups (broad SMARTS) is 2. The number of carbonyl (C=O) groups excluding carboxylic acids is 1. The van der Waals surface area contributed by atoms with Gasteiger partial charge in [0, 0.05) is 18.0 Å². The van der Waals surface area contributed by atoms with Crippen molar-refractivity contribution >= 4 is 61.8 Å². The predicted octanol–water partition coefficient (Wildman–Crippen LogP) is 6.37. The first-order valence-corrected chi connectivity index (χ1v) is 12.8. The van der Waals surface area contributed by atoms with Crippen molar-refractivity contribution in [3.63, 3.8) is 0 Å². The van der Waals surface area contributed by atoms with Crippen LogP contribution in [0, 0.1) is 11.7 Å². The molecule has 4 N–H and O–H groups in total. The van der Waals surface area contributed by atoms with Crippen molar-refractivity contribution in [2.45, 2.75) is 26.1 Å². The van der Waals surface area contributed by atoms with Gasteiger partial charge >= 0.3 is 18.1 Å². The van der Waals surface area contributed by atoms with E-state index in [1.807, 2.05) is 0 Å². The van der Waals surface area contributed by atoms with Gasteiger partial charge in [-0.2, -0.15) is 13.2 Å². The lowest BCUT2D eigenvalue weighted by Crippen LogP contribution is -2.44. The van der Waals surface area contributed by atoms with Crippen molar-refractivity contribution in [2.75, 3.05) is 5.32 Å². The number of rotatable bonds is 7. The molecule has 0 saturated carbocycles. The highest BCUT2D eigenvalue weighted by molar-refractivity contribution is 7.22. The molecule has 2 aromatic carbocycles. The minimum atomic E-state index is -5.08. The van der Waals surface area contributed by atoms with Crippen molar-refractivity contribution in [3.8, 4) is 11.1 Å². The molecule has 0 aliphatic carbocycles. The summed E-state index contributed by atoms with van der Waals surface area (Å²) < 4.78 is 47.3. The molecular formula is C26H21ClF4N4O5S. The number of aromatic nitrogens is 2. The lowest BCUT2D eigenvalue weighted by Gasteiger charge is -2.18. The zero-order valence-electron chi connectivity index (χ0n) is 21.2. The number of thiazole rings is 1. The molecule has 1 atom stereocenters. The number of hydrogen-bond donors (Lipinski definition) is 4. The molecule has 9 nitrogen and oxygen atoms in total. The summed E-state index contributed by atoms with van der Waals surface area (Å²) in [6.07, 6.45) is -1.93. The molecule has 0 radical (unpaired) electrons. The number of nitrogens with one attached hydrogen (secondary N) is 2. The first-order valence-electron chi connectivity index (χ1n) is 11.6. The number of amides is 1. The van der Waals surface area contributed by atoms with Crippen molar-refractivity contribution < 1.29 is 42.2 Å². The summed E-state index contributed by atoms with van der Waals surface area (Å²) in [4.78, 5) is 41.0. The van der Waals surface area contributed by atoms with Crippen LogP contribution in [-0.2, 0) is 9.59 Å². The van der Waals surface area contributed by atoms with Crippen LogP contribution in [0.1, 0.15) is 24.2 Å². The third-order valence-electron chi connectivity index (χ3n) is 5.41. The van der Waals surface area contributed by atoms with Gasteiger partial charge in [0.05, 0.1) is 15.4 Å². The summed E-state index contributed by atoms with van der Waals surface area (Å²) in [5, 5.41) is 22.8. The SMILES string of the molecule is CC(C)[C@H](NC(=O)c1ccc(-c2ccc(Nc3nc4c(Cl)cncc4s3)c(F)c2)cc1)C(=O)O.O=C(O)C(F)(F)F. The van der Waals surface area contributed by atoms with Gasteiger partial charge in [-0.05, 0) is 41.3 Å². The number of anilines is 2. The summed E-state index contributed by atoms with van der Waals surface area (Å²) in [7, 11) is 0. The van der Waals surface area contributed by atoms with Crippen molar-refractivity contribution in [1.82, 2.24) is 15.3 Å². The van der Waals surface area contributed by atoms with Crippen LogP contribution in [0.4, 0.5) is 28.4 Å². The molecule has 4 rings (SSSR count). The van der Waals surface area contributed by atoms with Gasteiger partial charge in [-0.1, -0.05) is 55.0 Å². The van der Waals surface area contributed by atoms with E-state index in [4.69, 9.17) is 21.5 Å². The molecular weight excluding hydrogens is 592 g/mol. The van der Waals surface area contributed by atoms with Crippen LogP contribution in [0.3, 0.4) is 0 Å². The molecule has 0 fully saturated rings. The van der Waals surface area contributed by atoms with Crippen molar-refractivity contribution in [1.29, 1.82) is 0 Å². The number of carbonyl (C=O) groups is 3. The zero-order valence-corrected chi connectivity index (χ0v) is 22.7. The van der Waals surface area contributed by atoms with Gasteiger partial charge in [-0.25, -0.2) is 19.0 Å². The monoisotopic (exact) mass is 612 g/mol. The highest BCUT2D eigenvalue weighted by Gasteiger charge is 2.38. The van der Waals surface area contributed by atoms with E-state index in [0.29, 0.717) is 32.4 Å². The van der Waals surface area contributed by atoms with E-state index in [1.54, 1.807) is 56.4 Å². The van der Waals surface area contributed by atoms with Gasteiger partial charge in [0.2, 0.25) is 0 Å². The molecule has 0 aliphatic rings. The maximum absolute atomic E-state index is 14.8. The molecule has 2 heterocycles. The zero-order chi connectivity index (χ0) is 30.5. The number of halogens is 5. The largest absolute Gasteiger partial charge is 0.490 e. The Hall–Kier alpha value is -4.30. The minimum absolute atomic E-state index is 0.257. The average molecular weight is 613 g/mol. The molecule has 2 aromatic heterocycles. The number of alkyl halides is 3. The van der Waals surface area contributed by atoms with E-state index in [0.717, 1.165) is 4.70 Å². The average Bonchev–Trinajstić information content (AvgIpc) is 3.32. The van der Waals surface area contributed by atoms with Crippen LogP contribution in [0.5, 0.6) is 0 Å². The maximum atomic E-state index is 14.8. The van der Waals surface area contributed by atoms with E-state index in [9.17, 15) is 32.3 Å². The molecule has 0 spiro atoms. The lowest BCUT2D eigenvalue weighted by molar-refractivity contribution is -0.192. The molecule has 15 heteroatoms. The van der Waals surface area contributed by atoms with Gasteiger partial charge in [0.25, 0.3) is 5.91 Å².